The van der Waals surface area contributed by atoms with E-state index in [2.05, 4.69) is 52.1 Å². The number of carboxylic acid groups (broad SMARTS) is 1. The summed E-state index contributed by atoms with van der Waals surface area (Å²) in [5.74, 6) is -0.462. The van der Waals surface area contributed by atoms with Gasteiger partial charge < -0.3 is 15.7 Å². The number of carboxylic acids is 1. The van der Waals surface area contributed by atoms with E-state index in [0.717, 1.165) is 59.6 Å². The van der Waals surface area contributed by atoms with Crippen LogP contribution in [0.2, 0.25) is 0 Å². The molecule has 2 aromatic heterocycles. The number of rotatable bonds is 9. The van der Waals surface area contributed by atoms with Crippen LogP contribution in [-0.4, -0.2) is 38.9 Å². The van der Waals surface area contributed by atoms with Gasteiger partial charge in [-0.3, -0.25) is 14.5 Å². The predicted molar refractivity (Wildman–Crippen MR) is 141 cm³/mol. The average molecular weight is 482 g/mol. The van der Waals surface area contributed by atoms with Gasteiger partial charge in [-0.25, -0.2) is 0 Å². The molecule has 36 heavy (non-hydrogen) atoms. The van der Waals surface area contributed by atoms with Crippen molar-refractivity contribution in [2.24, 2.45) is 13.0 Å². The molecule has 0 unspecified atom stereocenters. The molecule has 0 saturated carbocycles. The third-order valence-electron chi connectivity index (χ3n) is 6.77. The summed E-state index contributed by atoms with van der Waals surface area (Å²) in [5, 5.41) is 20.8. The normalized spacial score (nSPS) is 15.6. The van der Waals surface area contributed by atoms with Crippen molar-refractivity contribution in [3.05, 3.63) is 102 Å². The Kier molecular flexibility index (Phi) is 7.09. The lowest BCUT2D eigenvalue weighted by molar-refractivity contribution is -0.136. The van der Waals surface area contributed by atoms with Crippen LogP contribution in [0.1, 0.15) is 28.4 Å². The van der Waals surface area contributed by atoms with E-state index in [0.29, 0.717) is 5.92 Å². The smallest absolute Gasteiger partial charge is 0.307 e. The summed E-state index contributed by atoms with van der Waals surface area (Å²) in [5.41, 5.74) is 7.55. The van der Waals surface area contributed by atoms with Crippen LogP contribution < -0.4 is 10.6 Å². The molecule has 0 fully saturated rings. The SMILES string of the molecule is Cn1cc(-c2cnc3c(c2)NC[C@@H]([C@H](NCCc2cccc(CC(=O)O)c2)c2ccccc2)C3)cn1. The number of aliphatic carboxylic acids is 1. The molecule has 7 heteroatoms. The third-order valence-corrected chi connectivity index (χ3v) is 6.77. The maximum atomic E-state index is 11.1. The first-order valence-corrected chi connectivity index (χ1v) is 12.3. The summed E-state index contributed by atoms with van der Waals surface area (Å²) in [6.45, 7) is 1.65. The molecule has 3 N–H and O–H groups in total. The Hall–Kier alpha value is -3.97. The summed E-state index contributed by atoms with van der Waals surface area (Å²) in [6.07, 6.45) is 7.57. The number of carbonyl (C=O) groups is 1. The van der Waals surface area contributed by atoms with E-state index in [9.17, 15) is 4.79 Å². The fourth-order valence-corrected chi connectivity index (χ4v) is 4.99. The number of aryl methyl sites for hydroxylation is 1. The van der Waals surface area contributed by atoms with Crippen molar-refractivity contribution in [1.82, 2.24) is 20.1 Å². The number of fused-ring (bicyclic) bond motifs is 1. The van der Waals surface area contributed by atoms with Crippen molar-refractivity contribution in [2.45, 2.75) is 25.3 Å². The van der Waals surface area contributed by atoms with Gasteiger partial charge in [-0.1, -0.05) is 54.6 Å². The fourth-order valence-electron chi connectivity index (χ4n) is 4.99. The number of benzene rings is 2. The zero-order chi connectivity index (χ0) is 24.9. The molecular weight excluding hydrogens is 450 g/mol. The summed E-state index contributed by atoms with van der Waals surface area (Å²) in [6, 6.07) is 20.8. The Labute approximate surface area is 211 Å². The van der Waals surface area contributed by atoms with Gasteiger partial charge in [0.2, 0.25) is 0 Å². The molecule has 0 aliphatic carbocycles. The van der Waals surface area contributed by atoms with Gasteiger partial charge in [0.15, 0.2) is 0 Å². The molecular formula is C29H31N5O2. The van der Waals surface area contributed by atoms with Gasteiger partial charge in [0.25, 0.3) is 0 Å². The number of hydrogen-bond donors (Lipinski definition) is 3. The number of pyridine rings is 1. The van der Waals surface area contributed by atoms with Crippen molar-refractivity contribution in [3.63, 3.8) is 0 Å². The summed E-state index contributed by atoms with van der Waals surface area (Å²) < 4.78 is 1.80. The highest BCUT2D eigenvalue weighted by Gasteiger charge is 2.28. The number of nitrogens with one attached hydrogen (secondary N) is 2. The van der Waals surface area contributed by atoms with Crippen molar-refractivity contribution < 1.29 is 9.90 Å². The molecule has 0 radical (unpaired) electrons. The molecule has 7 nitrogen and oxygen atoms in total. The maximum Gasteiger partial charge on any atom is 0.307 e. The van der Waals surface area contributed by atoms with Crippen molar-refractivity contribution in [2.75, 3.05) is 18.4 Å². The monoisotopic (exact) mass is 481 g/mol. The predicted octanol–water partition coefficient (Wildman–Crippen LogP) is 4.27. The summed E-state index contributed by atoms with van der Waals surface area (Å²) in [7, 11) is 1.92. The first kappa shape index (κ1) is 23.8. The van der Waals surface area contributed by atoms with Crippen LogP contribution in [0.3, 0.4) is 0 Å². The van der Waals surface area contributed by atoms with Gasteiger partial charge >= 0.3 is 5.97 Å². The zero-order valence-corrected chi connectivity index (χ0v) is 20.4. The Bertz CT molecular complexity index is 1330. The van der Waals surface area contributed by atoms with Gasteiger partial charge in [0.1, 0.15) is 0 Å². The van der Waals surface area contributed by atoms with E-state index < -0.39 is 5.97 Å². The lowest BCUT2D eigenvalue weighted by Crippen LogP contribution is -2.37. The molecule has 0 saturated heterocycles. The van der Waals surface area contributed by atoms with Crippen LogP contribution in [0.15, 0.2) is 79.3 Å². The van der Waals surface area contributed by atoms with Gasteiger partial charge in [-0.15, -0.1) is 0 Å². The molecule has 0 bridgehead atoms. The standard InChI is InChI=1S/C29H31N5O2/c1-34-19-25(18-33-34)23-14-26-27(31-16-23)15-24(17-32-26)29(22-8-3-2-4-9-22)30-11-10-20-6-5-7-21(12-20)13-28(35)36/h2-9,12,14,16,18-19,24,29-30,32H,10-11,13,15,17H2,1H3,(H,35,36)/t24-,29+/m0/s1. The first-order valence-electron chi connectivity index (χ1n) is 12.3. The van der Waals surface area contributed by atoms with Crippen LogP contribution in [0.25, 0.3) is 11.1 Å². The quantitative estimate of drug-likeness (QED) is 0.331. The van der Waals surface area contributed by atoms with Crippen molar-refractivity contribution in [1.29, 1.82) is 0 Å². The lowest BCUT2D eigenvalue weighted by Gasteiger charge is -2.33. The Morgan fingerprint density at radius 2 is 1.94 bits per heavy atom. The number of nitrogens with zero attached hydrogens (tertiary/aromatic N) is 3. The highest BCUT2D eigenvalue weighted by molar-refractivity contribution is 5.70. The van der Waals surface area contributed by atoms with Gasteiger partial charge in [0, 0.05) is 49.1 Å². The van der Waals surface area contributed by atoms with E-state index in [4.69, 9.17) is 10.1 Å². The van der Waals surface area contributed by atoms with Crippen LogP contribution in [0.4, 0.5) is 5.69 Å². The van der Waals surface area contributed by atoms with Crippen LogP contribution in [0, 0.1) is 5.92 Å². The second-order valence-corrected chi connectivity index (χ2v) is 9.45. The van der Waals surface area contributed by atoms with Gasteiger partial charge in [-0.05, 0) is 42.1 Å². The van der Waals surface area contributed by atoms with E-state index in [1.807, 2.05) is 49.9 Å². The summed E-state index contributed by atoms with van der Waals surface area (Å²) >= 11 is 0. The minimum absolute atomic E-state index is 0.0521. The maximum absolute atomic E-state index is 11.1. The molecule has 4 aromatic rings. The van der Waals surface area contributed by atoms with Crippen molar-refractivity contribution >= 4 is 11.7 Å². The molecule has 0 spiro atoms. The minimum Gasteiger partial charge on any atom is -0.481 e. The molecule has 1 aliphatic rings. The first-order chi connectivity index (χ1) is 17.5. The molecule has 184 valence electrons. The largest absolute Gasteiger partial charge is 0.481 e. The van der Waals surface area contributed by atoms with Crippen LogP contribution >= 0.6 is 0 Å². The van der Waals surface area contributed by atoms with Gasteiger partial charge in [-0.2, -0.15) is 5.10 Å². The topological polar surface area (TPSA) is 92.1 Å². The zero-order valence-electron chi connectivity index (χ0n) is 20.4. The highest BCUT2D eigenvalue weighted by atomic mass is 16.4. The Balaban J connectivity index is 1.29. The lowest BCUT2D eigenvalue weighted by atomic mass is 9.86. The average Bonchev–Trinajstić information content (AvgIpc) is 3.33. The van der Waals surface area contributed by atoms with E-state index in [-0.39, 0.29) is 12.5 Å². The fraction of sp³-hybridized carbons (Fsp3) is 0.276. The molecule has 0 amide bonds. The number of hydrogen-bond acceptors (Lipinski definition) is 5. The molecule has 1 aliphatic heterocycles. The number of anilines is 1. The minimum atomic E-state index is -0.805. The van der Waals surface area contributed by atoms with Crippen molar-refractivity contribution in [3.8, 4) is 11.1 Å². The van der Waals surface area contributed by atoms with Gasteiger partial charge in [0.05, 0.1) is 24.0 Å². The number of aromatic nitrogens is 3. The van der Waals surface area contributed by atoms with E-state index >= 15 is 0 Å². The molecule has 2 aromatic carbocycles. The van der Waals surface area contributed by atoms with Crippen LogP contribution in [0.5, 0.6) is 0 Å². The Morgan fingerprint density at radius 1 is 1.11 bits per heavy atom. The highest BCUT2D eigenvalue weighted by Crippen LogP contribution is 2.33. The second-order valence-electron chi connectivity index (χ2n) is 9.45. The molecule has 5 rings (SSSR count). The Morgan fingerprint density at radius 3 is 2.72 bits per heavy atom. The summed E-state index contributed by atoms with van der Waals surface area (Å²) in [4.78, 5) is 15.9. The van der Waals surface area contributed by atoms with Crippen LogP contribution in [-0.2, 0) is 31.1 Å². The second kappa shape index (κ2) is 10.7. The molecule has 2 atom stereocenters. The third kappa shape index (κ3) is 5.63. The van der Waals surface area contributed by atoms with E-state index in [1.165, 1.54) is 5.56 Å². The molecule has 3 heterocycles. The van der Waals surface area contributed by atoms with E-state index in [1.54, 1.807) is 4.68 Å².